The summed E-state index contributed by atoms with van der Waals surface area (Å²) in [7, 11) is 0. The zero-order valence-electron chi connectivity index (χ0n) is 18.1. The first-order chi connectivity index (χ1) is 15.5. The summed E-state index contributed by atoms with van der Waals surface area (Å²) in [4.78, 5) is 11.5. The normalized spacial score (nSPS) is 24.8. The van der Waals surface area contributed by atoms with Gasteiger partial charge in [0.15, 0.2) is 0 Å². The summed E-state index contributed by atoms with van der Waals surface area (Å²) in [5.41, 5.74) is 6.11. The van der Waals surface area contributed by atoms with Crippen LogP contribution < -0.4 is 5.32 Å². The van der Waals surface area contributed by atoms with Crippen molar-refractivity contribution < 1.29 is 4.92 Å². The number of nitrogens with one attached hydrogen (secondary N) is 1. The van der Waals surface area contributed by atoms with Gasteiger partial charge in [0.05, 0.1) is 11.6 Å². The van der Waals surface area contributed by atoms with Crippen molar-refractivity contribution in [3.63, 3.8) is 0 Å². The van der Waals surface area contributed by atoms with Crippen LogP contribution in [0, 0.1) is 28.9 Å². The molecule has 0 aromatic heterocycles. The molecule has 0 amide bonds. The third-order valence-corrected chi connectivity index (χ3v) is 7.97. The fraction of sp³-hybridized carbons (Fsp3) is 0.333. The van der Waals surface area contributed by atoms with E-state index in [0.717, 1.165) is 28.6 Å². The van der Waals surface area contributed by atoms with E-state index >= 15 is 0 Å². The summed E-state index contributed by atoms with van der Waals surface area (Å²) in [5, 5.41) is 15.5. The fourth-order valence-corrected chi connectivity index (χ4v) is 6.81. The smallest absolute Gasteiger partial charge is 0.211 e. The van der Waals surface area contributed by atoms with Gasteiger partial charge in [0, 0.05) is 21.4 Å². The number of halogens is 1. The maximum Gasteiger partial charge on any atom is 0.211 e. The molecular formula is C27H27BrN2O2. The standard InChI is InChI=1S/C27H27BrN2O2/c1-17-14-22-25(19-10-6-3-7-11-19)21-13-12-20(26(21)29-27(22)24(28)15-17)23(16-30(31)32)18-8-4-2-5-9-18/h2-11,14-15,20-21,23,25-26,29H,12-13,16H2,1H3/t20-,21+,23-,25+,26-/m1/s1. The molecule has 1 saturated carbocycles. The summed E-state index contributed by atoms with van der Waals surface area (Å²) in [6, 6.07) is 25.5. The van der Waals surface area contributed by atoms with Crippen LogP contribution in [0.4, 0.5) is 5.69 Å². The van der Waals surface area contributed by atoms with E-state index in [0.29, 0.717) is 5.92 Å². The number of hydrogen-bond donors (Lipinski definition) is 1. The predicted molar refractivity (Wildman–Crippen MR) is 132 cm³/mol. The van der Waals surface area contributed by atoms with Crippen molar-refractivity contribution in [2.45, 2.75) is 37.6 Å². The highest BCUT2D eigenvalue weighted by atomic mass is 79.9. The number of nitro groups is 1. The van der Waals surface area contributed by atoms with Gasteiger partial charge in [0.25, 0.3) is 0 Å². The third-order valence-electron chi connectivity index (χ3n) is 7.34. The van der Waals surface area contributed by atoms with E-state index in [9.17, 15) is 10.1 Å². The Hall–Kier alpha value is -2.66. The minimum Gasteiger partial charge on any atom is -0.381 e. The lowest BCUT2D eigenvalue weighted by atomic mass is 9.71. The molecule has 0 spiro atoms. The van der Waals surface area contributed by atoms with Gasteiger partial charge in [-0.25, -0.2) is 0 Å². The van der Waals surface area contributed by atoms with Crippen LogP contribution in [0.5, 0.6) is 0 Å². The first kappa shape index (κ1) is 21.2. The summed E-state index contributed by atoms with van der Waals surface area (Å²) >= 11 is 3.80. The van der Waals surface area contributed by atoms with Crippen LogP contribution in [-0.4, -0.2) is 17.5 Å². The Labute approximate surface area is 197 Å². The quantitative estimate of drug-likeness (QED) is 0.317. The topological polar surface area (TPSA) is 55.2 Å². The SMILES string of the molecule is Cc1cc(Br)c2c(c1)[C@@H](c1ccccc1)[C@@H]1CC[C@H]([C@H](C[N+](=O)[O-])c3ccccc3)[C@H]1N2. The summed E-state index contributed by atoms with van der Waals surface area (Å²) in [5.74, 6) is 0.795. The molecular weight excluding hydrogens is 464 g/mol. The predicted octanol–water partition coefficient (Wildman–Crippen LogP) is 6.77. The second-order valence-corrected chi connectivity index (χ2v) is 10.1. The van der Waals surface area contributed by atoms with E-state index in [2.05, 4.69) is 70.6 Å². The van der Waals surface area contributed by atoms with E-state index in [1.165, 1.54) is 16.7 Å². The van der Waals surface area contributed by atoms with Gasteiger partial charge in [-0.15, -0.1) is 0 Å². The zero-order valence-corrected chi connectivity index (χ0v) is 19.7. The van der Waals surface area contributed by atoms with Gasteiger partial charge in [-0.2, -0.15) is 0 Å². The number of rotatable bonds is 5. The van der Waals surface area contributed by atoms with Crippen LogP contribution in [0.25, 0.3) is 0 Å². The van der Waals surface area contributed by atoms with Crippen molar-refractivity contribution in [3.05, 3.63) is 110 Å². The number of hydrogen-bond acceptors (Lipinski definition) is 3. The Morgan fingerprint density at radius 2 is 1.75 bits per heavy atom. The van der Waals surface area contributed by atoms with Crippen LogP contribution in [0.1, 0.15) is 46.9 Å². The third kappa shape index (κ3) is 3.83. The molecule has 2 aliphatic rings. The monoisotopic (exact) mass is 490 g/mol. The van der Waals surface area contributed by atoms with Crippen molar-refractivity contribution in [1.82, 2.24) is 0 Å². The molecule has 164 valence electrons. The van der Waals surface area contributed by atoms with Crippen molar-refractivity contribution in [2.24, 2.45) is 11.8 Å². The Morgan fingerprint density at radius 1 is 1.06 bits per heavy atom. The van der Waals surface area contributed by atoms with Gasteiger partial charge in [-0.3, -0.25) is 10.1 Å². The lowest BCUT2D eigenvalue weighted by Gasteiger charge is -2.41. The second-order valence-electron chi connectivity index (χ2n) is 9.21. The van der Waals surface area contributed by atoms with Gasteiger partial charge in [0.1, 0.15) is 0 Å². The highest BCUT2D eigenvalue weighted by Gasteiger charge is 2.49. The van der Waals surface area contributed by atoms with Crippen molar-refractivity contribution in [2.75, 3.05) is 11.9 Å². The molecule has 0 radical (unpaired) electrons. The highest BCUT2D eigenvalue weighted by Crippen LogP contribution is 2.54. The van der Waals surface area contributed by atoms with E-state index in [1.807, 2.05) is 30.3 Å². The molecule has 5 heteroatoms. The zero-order chi connectivity index (χ0) is 22.2. The van der Waals surface area contributed by atoms with Gasteiger partial charge in [-0.1, -0.05) is 66.7 Å². The molecule has 5 atom stereocenters. The minimum atomic E-state index is -0.143. The molecule has 0 saturated heterocycles. The van der Waals surface area contributed by atoms with Crippen molar-refractivity contribution in [1.29, 1.82) is 0 Å². The maximum absolute atomic E-state index is 11.7. The van der Waals surface area contributed by atoms with E-state index < -0.39 is 0 Å². The van der Waals surface area contributed by atoms with Gasteiger partial charge in [-0.05, 0) is 75.9 Å². The molecule has 32 heavy (non-hydrogen) atoms. The van der Waals surface area contributed by atoms with Crippen molar-refractivity contribution in [3.8, 4) is 0 Å². The Morgan fingerprint density at radius 3 is 2.44 bits per heavy atom. The number of aryl methyl sites for hydroxylation is 1. The number of anilines is 1. The maximum atomic E-state index is 11.7. The van der Waals surface area contributed by atoms with Crippen LogP contribution in [0.15, 0.2) is 77.3 Å². The van der Waals surface area contributed by atoms with Gasteiger partial charge in [0.2, 0.25) is 6.54 Å². The molecule has 0 unspecified atom stereocenters. The van der Waals surface area contributed by atoms with Crippen molar-refractivity contribution >= 4 is 21.6 Å². The van der Waals surface area contributed by atoms with Crippen LogP contribution >= 0.6 is 15.9 Å². The van der Waals surface area contributed by atoms with Gasteiger partial charge >= 0.3 is 0 Å². The Balaban J connectivity index is 1.60. The van der Waals surface area contributed by atoms with E-state index in [-0.39, 0.29) is 35.3 Å². The second kappa shape index (κ2) is 8.70. The lowest BCUT2D eigenvalue weighted by Crippen LogP contribution is -2.41. The highest BCUT2D eigenvalue weighted by molar-refractivity contribution is 9.10. The van der Waals surface area contributed by atoms with Crippen LogP contribution in [0.2, 0.25) is 0 Å². The van der Waals surface area contributed by atoms with Gasteiger partial charge < -0.3 is 5.32 Å². The average Bonchev–Trinajstić information content (AvgIpc) is 3.20. The molecule has 1 aliphatic heterocycles. The fourth-order valence-electron chi connectivity index (χ4n) is 6.10. The Kier molecular flexibility index (Phi) is 5.76. The average molecular weight is 491 g/mol. The molecule has 3 aromatic carbocycles. The summed E-state index contributed by atoms with van der Waals surface area (Å²) in [6.45, 7) is 2.11. The molecule has 3 aromatic rings. The lowest BCUT2D eigenvalue weighted by molar-refractivity contribution is -0.485. The number of nitrogens with zero attached hydrogens (tertiary/aromatic N) is 1. The first-order valence-corrected chi connectivity index (χ1v) is 12.1. The molecule has 0 bridgehead atoms. The molecule has 1 aliphatic carbocycles. The molecule has 1 fully saturated rings. The molecule has 1 heterocycles. The molecule has 4 nitrogen and oxygen atoms in total. The van der Waals surface area contributed by atoms with Crippen LogP contribution in [-0.2, 0) is 0 Å². The Bertz CT molecular complexity index is 1120. The van der Waals surface area contributed by atoms with E-state index in [1.54, 1.807) is 0 Å². The largest absolute Gasteiger partial charge is 0.381 e. The van der Waals surface area contributed by atoms with E-state index in [4.69, 9.17) is 0 Å². The number of benzene rings is 3. The molecule has 1 N–H and O–H groups in total. The van der Waals surface area contributed by atoms with Crippen LogP contribution in [0.3, 0.4) is 0 Å². The minimum absolute atomic E-state index is 0.0302. The summed E-state index contributed by atoms with van der Waals surface area (Å²) in [6.07, 6.45) is 2.05. The summed E-state index contributed by atoms with van der Waals surface area (Å²) < 4.78 is 1.07. The number of fused-ring (bicyclic) bond motifs is 2. The molecule has 5 rings (SSSR count). The first-order valence-electron chi connectivity index (χ1n) is 11.3.